The van der Waals surface area contributed by atoms with Crippen LogP contribution in [0.25, 0.3) is 10.8 Å². The number of rotatable bonds is 7. The van der Waals surface area contributed by atoms with Gasteiger partial charge < -0.3 is 14.4 Å². The number of nitriles is 1. The van der Waals surface area contributed by atoms with Crippen LogP contribution in [0, 0.1) is 11.3 Å². The first-order chi connectivity index (χ1) is 17.3. The number of hydrogen-bond donors (Lipinski definition) is 0. The fourth-order valence-electron chi connectivity index (χ4n) is 4.83. The molecule has 1 atom stereocenters. The van der Waals surface area contributed by atoms with Crippen molar-refractivity contribution in [2.75, 3.05) is 34.4 Å². The molecule has 1 saturated heterocycles. The molecule has 0 aliphatic carbocycles. The van der Waals surface area contributed by atoms with Crippen molar-refractivity contribution in [2.45, 2.75) is 31.4 Å². The first kappa shape index (κ1) is 25.4. The Balaban J connectivity index is 1.72. The van der Waals surface area contributed by atoms with E-state index in [1.165, 1.54) is 7.11 Å². The third-order valence-corrected chi connectivity index (χ3v) is 6.74. The Morgan fingerprint density at radius 1 is 1.11 bits per heavy atom. The molecule has 0 radical (unpaired) electrons. The van der Waals surface area contributed by atoms with Gasteiger partial charge >= 0.3 is 0 Å². The maximum Gasteiger partial charge on any atom is 0.250 e. The van der Waals surface area contributed by atoms with Crippen LogP contribution in [0.5, 0.6) is 11.5 Å². The lowest BCUT2D eigenvalue weighted by atomic mass is 9.97. The van der Waals surface area contributed by atoms with Gasteiger partial charge in [0.2, 0.25) is 5.91 Å². The number of amides is 1. The molecule has 1 fully saturated rings. The van der Waals surface area contributed by atoms with Crippen molar-refractivity contribution in [2.24, 2.45) is 0 Å². The number of carbonyl (C=O) groups is 1. The molecular weight excluding hydrogens is 464 g/mol. The summed E-state index contributed by atoms with van der Waals surface area (Å²) in [4.78, 5) is 17.3. The summed E-state index contributed by atoms with van der Waals surface area (Å²) in [6.07, 6.45) is -0.597. The number of likely N-dealkylation sites (N-methyl/N-ethyl adjacent to an activating group) is 1. The third-order valence-electron chi connectivity index (χ3n) is 6.74. The lowest BCUT2D eigenvalue weighted by Gasteiger charge is -2.38. The fourth-order valence-corrected chi connectivity index (χ4v) is 4.83. The van der Waals surface area contributed by atoms with Crippen molar-refractivity contribution in [1.82, 2.24) is 9.80 Å². The van der Waals surface area contributed by atoms with Crippen molar-refractivity contribution in [3.05, 3.63) is 71.3 Å². The maximum absolute atomic E-state index is 13.9. The van der Waals surface area contributed by atoms with E-state index in [0.717, 1.165) is 16.3 Å². The van der Waals surface area contributed by atoms with Crippen LogP contribution >= 0.6 is 0 Å². The average molecular weight is 494 g/mol. The summed E-state index contributed by atoms with van der Waals surface area (Å²) in [6.45, 7) is 0.387. The number of likely N-dealkylation sites (tertiary alicyclic amines) is 1. The number of carbonyl (C=O) groups excluding carboxylic acids is 1. The van der Waals surface area contributed by atoms with Gasteiger partial charge in [-0.15, -0.1) is 0 Å². The SMILES string of the molecule is COc1cccc(C(C(=O)N(C)Cc2c(OC)c(C#N)cc3ccccc23)N2CCC(F)(F)CC2)c1. The van der Waals surface area contributed by atoms with Gasteiger partial charge in [0, 0.05) is 45.1 Å². The van der Waals surface area contributed by atoms with E-state index in [-0.39, 0.29) is 38.4 Å². The topological polar surface area (TPSA) is 65.8 Å². The van der Waals surface area contributed by atoms with Crippen molar-refractivity contribution >= 4 is 16.7 Å². The number of fused-ring (bicyclic) bond motifs is 1. The van der Waals surface area contributed by atoms with Gasteiger partial charge in [-0.1, -0.05) is 36.4 Å². The number of hydrogen-bond acceptors (Lipinski definition) is 5. The number of benzene rings is 3. The molecule has 0 aromatic heterocycles. The van der Waals surface area contributed by atoms with Crippen molar-refractivity contribution < 1.29 is 23.0 Å². The molecule has 0 saturated carbocycles. The quantitative estimate of drug-likeness (QED) is 0.455. The molecule has 6 nitrogen and oxygen atoms in total. The summed E-state index contributed by atoms with van der Waals surface area (Å²) >= 11 is 0. The zero-order chi connectivity index (χ0) is 25.9. The molecule has 0 spiro atoms. The highest BCUT2D eigenvalue weighted by Gasteiger charge is 2.39. The number of piperidine rings is 1. The highest BCUT2D eigenvalue weighted by Crippen LogP contribution is 2.36. The minimum Gasteiger partial charge on any atom is -0.497 e. The molecule has 3 aromatic carbocycles. The first-order valence-electron chi connectivity index (χ1n) is 11.8. The molecule has 36 heavy (non-hydrogen) atoms. The summed E-state index contributed by atoms with van der Waals surface area (Å²) in [7, 11) is 4.73. The van der Waals surface area contributed by atoms with Crippen LogP contribution in [0.15, 0.2) is 54.6 Å². The standard InChI is InChI=1S/C28H29F2N3O3/c1-32(18-24-23-10-5-4-7-19(23)15-21(17-31)26(24)36-3)27(34)25(20-8-6-9-22(16-20)35-2)33-13-11-28(29,30)12-14-33/h4-10,15-16,25H,11-14,18H2,1-3H3. The second-order valence-electron chi connectivity index (χ2n) is 9.03. The maximum atomic E-state index is 13.9. The van der Waals surface area contributed by atoms with Crippen molar-refractivity contribution in [3.8, 4) is 17.6 Å². The van der Waals surface area contributed by atoms with Gasteiger partial charge in [0.15, 0.2) is 0 Å². The third kappa shape index (κ3) is 5.12. The Kier molecular flexibility index (Phi) is 7.41. The Hall–Kier alpha value is -3.70. The number of ether oxygens (including phenoxy) is 2. The van der Waals surface area contributed by atoms with Gasteiger partial charge in [0.05, 0.1) is 19.8 Å². The minimum absolute atomic E-state index is 0.102. The van der Waals surface area contributed by atoms with E-state index in [2.05, 4.69) is 6.07 Å². The van der Waals surface area contributed by atoms with E-state index >= 15 is 0 Å². The second kappa shape index (κ2) is 10.5. The lowest BCUT2D eigenvalue weighted by molar-refractivity contribution is -0.139. The van der Waals surface area contributed by atoms with Gasteiger partial charge in [0.1, 0.15) is 23.6 Å². The molecule has 1 heterocycles. The van der Waals surface area contributed by atoms with E-state index in [1.807, 2.05) is 35.2 Å². The molecule has 1 aliphatic heterocycles. The monoisotopic (exact) mass is 493 g/mol. The van der Waals surface area contributed by atoms with E-state index in [1.54, 1.807) is 43.3 Å². The molecule has 0 N–H and O–H groups in total. The molecule has 1 aliphatic rings. The lowest BCUT2D eigenvalue weighted by Crippen LogP contribution is -2.47. The van der Waals surface area contributed by atoms with E-state index in [4.69, 9.17) is 9.47 Å². The summed E-state index contributed by atoms with van der Waals surface area (Å²) in [5.41, 5.74) is 1.78. The number of halogens is 2. The zero-order valence-corrected chi connectivity index (χ0v) is 20.6. The van der Waals surface area contributed by atoms with Gasteiger partial charge in [-0.25, -0.2) is 8.78 Å². The van der Waals surface area contributed by atoms with Crippen LogP contribution in [0.2, 0.25) is 0 Å². The summed E-state index contributed by atoms with van der Waals surface area (Å²) in [5.74, 6) is -1.95. The molecule has 1 unspecified atom stereocenters. The predicted octanol–water partition coefficient (Wildman–Crippen LogP) is 5.16. The average Bonchev–Trinajstić information content (AvgIpc) is 2.89. The van der Waals surface area contributed by atoms with E-state index in [0.29, 0.717) is 22.6 Å². The van der Waals surface area contributed by atoms with E-state index in [9.17, 15) is 18.8 Å². The highest BCUT2D eigenvalue weighted by molar-refractivity contribution is 5.91. The Morgan fingerprint density at radius 3 is 2.50 bits per heavy atom. The summed E-state index contributed by atoms with van der Waals surface area (Å²) < 4.78 is 38.8. The highest BCUT2D eigenvalue weighted by atomic mass is 19.3. The van der Waals surface area contributed by atoms with E-state index < -0.39 is 12.0 Å². The molecule has 0 bridgehead atoms. The zero-order valence-electron chi connectivity index (χ0n) is 20.6. The minimum atomic E-state index is -2.73. The molecule has 4 rings (SSSR count). The predicted molar refractivity (Wildman–Crippen MR) is 133 cm³/mol. The van der Waals surface area contributed by atoms with Gasteiger partial charge in [-0.3, -0.25) is 9.69 Å². The Morgan fingerprint density at radius 2 is 1.83 bits per heavy atom. The second-order valence-corrected chi connectivity index (χ2v) is 9.03. The molecular formula is C28H29F2N3O3. The van der Waals surface area contributed by atoms with Gasteiger partial charge in [-0.2, -0.15) is 5.26 Å². The van der Waals surface area contributed by atoms with Crippen LogP contribution in [0.1, 0.15) is 35.6 Å². The molecule has 8 heteroatoms. The number of alkyl halides is 2. The van der Waals surface area contributed by atoms with Crippen LogP contribution in [-0.4, -0.2) is 56.0 Å². The van der Waals surface area contributed by atoms with Crippen molar-refractivity contribution in [1.29, 1.82) is 5.26 Å². The van der Waals surface area contributed by atoms with Crippen LogP contribution in [0.3, 0.4) is 0 Å². The summed E-state index contributed by atoms with van der Waals surface area (Å²) in [5, 5.41) is 11.4. The van der Waals surface area contributed by atoms with Crippen LogP contribution < -0.4 is 9.47 Å². The molecule has 188 valence electrons. The normalized spacial score (nSPS) is 16.2. The van der Waals surface area contributed by atoms with Crippen molar-refractivity contribution in [3.63, 3.8) is 0 Å². The van der Waals surface area contributed by atoms with Gasteiger partial charge in [0.25, 0.3) is 5.92 Å². The molecule has 1 amide bonds. The first-order valence-corrected chi connectivity index (χ1v) is 11.8. The number of nitrogens with zero attached hydrogens (tertiary/aromatic N) is 3. The Labute approximate surface area is 209 Å². The smallest absolute Gasteiger partial charge is 0.250 e. The number of methoxy groups -OCH3 is 2. The molecule has 3 aromatic rings. The fraction of sp³-hybridized carbons (Fsp3) is 0.357. The van der Waals surface area contributed by atoms with Gasteiger partial charge in [-0.05, 0) is 34.5 Å². The summed E-state index contributed by atoms with van der Waals surface area (Å²) in [6, 6.07) is 18.0. The largest absolute Gasteiger partial charge is 0.497 e. The van der Waals surface area contributed by atoms with Crippen LogP contribution in [-0.2, 0) is 11.3 Å². The van der Waals surface area contributed by atoms with Crippen LogP contribution in [0.4, 0.5) is 8.78 Å². The Bertz CT molecular complexity index is 1290.